The first kappa shape index (κ1) is 16.8. The zero-order chi connectivity index (χ0) is 15.7. The van der Waals surface area contributed by atoms with Gasteiger partial charge in [0.25, 0.3) is 0 Å². The maximum Gasteiger partial charge on any atom is 0.243 e. The van der Waals surface area contributed by atoms with Gasteiger partial charge in [0.2, 0.25) is 11.7 Å². The number of aromatic hydroxyl groups is 1. The molecule has 0 saturated carbocycles. The van der Waals surface area contributed by atoms with E-state index in [0.29, 0.717) is 18.7 Å². The number of rotatable bonds is 8. The molecule has 0 bridgehead atoms. The summed E-state index contributed by atoms with van der Waals surface area (Å²) in [6.45, 7) is 1.22. The number of carbonyl (C=O) groups excluding carboxylic acids is 1. The van der Waals surface area contributed by atoms with Crippen LogP contribution in [-0.4, -0.2) is 38.3 Å². The molecule has 0 fully saturated rings. The predicted octanol–water partition coefficient (Wildman–Crippen LogP) is 1.28. The molecule has 6 heteroatoms. The minimum absolute atomic E-state index is 0.0663. The van der Waals surface area contributed by atoms with E-state index in [4.69, 9.17) is 15.2 Å². The van der Waals surface area contributed by atoms with E-state index in [1.54, 1.807) is 18.2 Å². The van der Waals surface area contributed by atoms with E-state index < -0.39 is 0 Å². The fraction of sp³-hybridized carbons (Fsp3) is 0.400. The lowest BCUT2D eigenvalue weighted by atomic mass is 10.1. The van der Waals surface area contributed by atoms with Gasteiger partial charge in [0.15, 0.2) is 11.5 Å². The van der Waals surface area contributed by atoms with Gasteiger partial charge in [-0.15, -0.1) is 0 Å². The van der Waals surface area contributed by atoms with Crippen molar-refractivity contribution in [2.45, 2.75) is 12.8 Å². The number of carbonyl (C=O) groups is 1. The van der Waals surface area contributed by atoms with E-state index in [2.05, 4.69) is 5.32 Å². The summed E-state index contributed by atoms with van der Waals surface area (Å²) in [7, 11) is 2.90. The van der Waals surface area contributed by atoms with Crippen LogP contribution in [0.4, 0.5) is 0 Å². The van der Waals surface area contributed by atoms with E-state index in [9.17, 15) is 9.90 Å². The monoisotopic (exact) mass is 294 g/mol. The average molecular weight is 294 g/mol. The number of benzene rings is 1. The third-order valence-electron chi connectivity index (χ3n) is 2.86. The van der Waals surface area contributed by atoms with Crippen molar-refractivity contribution < 1.29 is 19.4 Å². The van der Waals surface area contributed by atoms with Gasteiger partial charge in [0, 0.05) is 12.6 Å². The van der Waals surface area contributed by atoms with Gasteiger partial charge in [-0.05, 0) is 43.2 Å². The van der Waals surface area contributed by atoms with E-state index >= 15 is 0 Å². The van der Waals surface area contributed by atoms with Crippen molar-refractivity contribution in [1.82, 2.24) is 5.32 Å². The highest BCUT2D eigenvalue weighted by Crippen LogP contribution is 2.37. The Hall–Kier alpha value is -2.21. The largest absolute Gasteiger partial charge is 0.502 e. The molecule has 0 aliphatic rings. The van der Waals surface area contributed by atoms with Gasteiger partial charge in [0.1, 0.15) is 0 Å². The number of methoxy groups -OCH3 is 2. The van der Waals surface area contributed by atoms with Gasteiger partial charge in [0.05, 0.1) is 14.2 Å². The molecular formula is C15H22N2O4. The predicted molar refractivity (Wildman–Crippen MR) is 81.5 cm³/mol. The van der Waals surface area contributed by atoms with Crippen LogP contribution in [0.3, 0.4) is 0 Å². The van der Waals surface area contributed by atoms with Gasteiger partial charge in [-0.25, -0.2) is 0 Å². The highest BCUT2D eigenvalue weighted by atomic mass is 16.5. The standard InChI is InChI=1S/C15H22N2O4/c1-20-12-9-11(10-13(21-2)15(12)19)5-6-14(18)17-8-4-3-7-16/h5-6,9-10,19H,3-4,7-8,16H2,1-2H3,(H,17,18). The molecule has 116 valence electrons. The van der Waals surface area contributed by atoms with Crippen molar-refractivity contribution in [1.29, 1.82) is 0 Å². The third-order valence-corrected chi connectivity index (χ3v) is 2.86. The number of unbranched alkanes of at least 4 members (excludes halogenated alkanes) is 1. The highest BCUT2D eigenvalue weighted by Gasteiger charge is 2.09. The van der Waals surface area contributed by atoms with Crippen LogP contribution < -0.4 is 20.5 Å². The fourth-order valence-electron chi connectivity index (χ4n) is 1.72. The Morgan fingerprint density at radius 2 is 1.90 bits per heavy atom. The molecule has 6 nitrogen and oxygen atoms in total. The van der Waals surface area contributed by atoms with E-state index in [1.165, 1.54) is 20.3 Å². The summed E-state index contributed by atoms with van der Waals surface area (Å²) in [5.74, 6) is 0.330. The summed E-state index contributed by atoms with van der Waals surface area (Å²) in [5, 5.41) is 12.6. The molecule has 1 aromatic carbocycles. The molecule has 0 aromatic heterocycles. The molecule has 0 spiro atoms. The molecule has 0 saturated heterocycles. The lowest BCUT2D eigenvalue weighted by Gasteiger charge is -2.09. The first-order valence-electron chi connectivity index (χ1n) is 6.73. The van der Waals surface area contributed by atoms with Gasteiger partial charge >= 0.3 is 0 Å². The topological polar surface area (TPSA) is 93.8 Å². The Balaban J connectivity index is 2.69. The Morgan fingerprint density at radius 3 is 2.43 bits per heavy atom. The minimum Gasteiger partial charge on any atom is -0.502 e. The number of nitrogens with two attached hydrogens (primary N) is 1. The molecule has 21 heavy (non-hydrogen) atoms. The van der Waals surface area contributed by atoms with E-state index in [-0.39, 0.29) is 23.2 Å². The summed E-state index contributed by atoms with van der Waals surface area (Å²) in [4.78, 5) is 11.6. The molecule has 0 atom stereocenters. The van der Waals surface area contributed by atoms with Crippen LogP contribution in [-0.2, 0) is 4.79 Å². The quantitative estimate of drug-likeness (QED) is 0.496. The van der Waals surface area contributed by atoms with Crippen LogP contribution in [0.2, 0.25) is 0 Å². The number of nitrogens with one attached hydrogen (secondary N) is 1. The number of amides is 1. The van der Waals surface area contributed by atoms with Crippen LogP contribution in [0.5, 0.6) is 17.2 Å². The van der Waals surface area contributed by atoms with Gasteiger partial charge in [-0.2, -0.15) is 0 Å². The SMILES string of the molecule is COc1cc(C=CC(=O)NCCCCN)cc(OC)c1O. The lowest BCUT2D eigenvalue weighted by molar-refractivity contribution is -0.116. The molecule has 1 aromatic rings. The molecule has 1 rings (SSSR count). The second-order valence-electron chi connectivity index (χ2n) is 4.39. The number of phenols is 1. The van der Waals surface area contributed by atoms with E-state index in [0.717, 1.165) is 12.8 Å². The van der Waals surface area contributed by atoms with Crippen LogP contribution in [0.25, 0.3) is 6.08 Å². The number of phenolic OH excluding ortho intramolecular Hbond substituents is 1. The zero-order valence-corrected chi connectivity index (χ0v) is 12.4. The van der Waals surface area contributed by atoms with Crippen molar-refractivity contribution in [3.63, 3.8) is 0 Å². The molecule has 0 aliphatic heterocycles. The van der Waals surface area contributed by atoms with Crippen LogP contribution >= 0.6 is 0 Å². The molecule has 0 heterocycles. The lowest BCUT2D eigenvalue weighted by Crippen LogP contribution is -2.22. The number of hydrogen-bond donors (Lipinski definition) is 3. The van der Waals surface area contributed by atoms with Crippen molar-refractivity contribution in [3.8, 4) is 17.2 Å². The Kier molecular flexibility index (Phi) is 7.11. The first-order chi connectivity index (χ1) is 10.1. The summed E-state index contributed by atoms with van der Waals surface area (Å²) in [5.41, 5.74) is 6.07. The third kappa shape index (κ3) is 5.35. The molecule has 0 radical (unpaired) electrons. The molecular weight excluding hydrogens is 272 g/mol. The first-order valence-corrected chi connectivity index (χ1v) is 6.73. The Morgan fingerprint density at radius 1 is 1.29 bits per heavy atom. The van der Waals surface area contributed by atoms with Crippen molar-refractivity contribution >= 4 is 12.0 Å². The maximum atomic E-state index is 11.6. The summed E-state index contributed by atoms with van der Waals surface area (Å²) >= 11 is 0. The molecule has 0 aliphatic carbocycles. The summed E-state index contributed by atoms with van der Waals surface area (Å²) in [6, 6.07) is 3.24. The Labute approximate surface area is 124 Å². The second-order valence-corrected chi connectivity index (χ2v) is 4.39. The minimum atomic E-state index is -0.182. The summed E-state index contributed by atoms with van der Waals surface area (Å²) in [6.07, 6.45) is 4.80. The van der Waals surface area contributed by atoms with Crippen molar-refractivity contribution in [3.05, 3.63) is 23.8 Å². The second kappa shape index (κ2) is 8.86. The molecule has 4 N–H and O–H groups in total. The summed E-state index contributed by atoms with van der Waals surface area (Å²) < 4.78 is 10.1. The van der Waals surface area contributed by atoms with Crippen molar-refractivity contribution in [2.75, 3.05) is 27.3 Å². The Bertz CT molecular complexity index is 475. The smallest absolute Gasteiger partial charge is 0.243 e. The average Bonchev–Trinajstić information content (AvgIpc) is 2.50. The maximum absolute atomic E-state index is 11.6. The molecule has 0 unspecified atom stereocenters. The zero-order valence-electron chi connectivity index (χ0n) is 12.4. The van der Waals surface area contributed by atoms with Crippen LogP contribution in [0.1, 0.15) is 18.4 Å². The highest BCUT2D eigenvalue weighted by molar-refractivity contribution is 5.91. The number of ether oxygens (including phenoxy) is 2. The van der Waals surface area contributed by atoms with Gasteiger partial charge in [-0.3, -0.25) is 4.79 Å². The van der Waals surface area contributed by atoms with Crippen molar-refractivity contribution in [2.24, 2.45) is 5.73 Å². The van der Waals surface area contributed by atoms with Gasteiger partial charge in [-0.1, -0.05) is 0 Å². The normalized spacial score (nSPS) is 10.6. The molecule has 1 amide bonds. The fourth-order valence-corrected chi connectivity index (χ4v) is 1.72. The van der Waals surface area contributed by atoms with Gasteiger partial charge < -0.3 is 25.6 Å². The number of hydrogen-bond acceptors (Lipinski definition) is 5. The van der Waals surface area contributed by atoms with E-state index in [1.807, 2.05) is 0 Å². The van der Waals surface area contributed by atoms with Crippen LogP contribution in [0.15, 0.2) is 18.2 Å². The van der Waals surface area contributed by atoms with Crippen LogP contribution in [0, 0.1) is 0 Å².